The van der Waals surface area contributed by atoms with Crippen LogP contribution in [0, 0.1) is 0 Å². The summed E-state index contributed by atoms with van der Waals surface area (Å²) in [7, 11) is 3.25. The van der Waals surface area contributed by atoms with E-state index in [4.69, 9.17) is 24.9 Å². The van der Waals surface area contributed by atoms with Crippen molar-refractivity contribution in [2.45, 2.75) is 19.0 Å². The Bertz CT molecular complexity index is 1210. The number of benzene rings is 2. The molecule has 0 aliphatic carbocycles. The van der Waals surface area contributed by atoms with E-state index in [1.807, 2.05) is 48.5 Å². The minimum Gasteiger partial charge on any atom is -0.497 e. The van der Waals surface area contributed by atoms with Crippen LogP contribution < -0.4 is 19.9 Å². The van der Waals surface area contributed by atoms with Crippen molar-refractivity contribution in [3.05, 3.63) is 48.5 Å². The molecule has 4 aromatic rings. The van der Waals surface area contributed by atoms with Crippen molar-refractivity contribution in [2.75, 3.05) is 14.2 Å². The molecular weight excluding hydrogens is 442 g/mol. The number of carbonyl (C=O) groups is 1. The van der Waals surface area contributed by atoms with Crippen LogP contribution in [0.15, 0.2) is 67.6 Å². The topological polar surface area (TPSA) is 99.5 Å². The predicted molar refractivity (Wildman–Crippen MR) is 118 cm³/mol. The van der Waals surface area contributed by atoms with Gasteiger partial charge in [-0.2, -0.15) is 0 Å². The number of aromatic nitrogens is 2. The van der Waals surface area contributed by atoms with Crippen molar-refractivity contribution >= 4 is 51.3 Å². The summed E-state index contributed by atoms with van der Waals surface area (Å²) in [6.07, 6.45) is -0.887. The Kier molecular flexibility index (Phi) is 6.07. The third-order valence-corrected chi connectivity index (χ3v) is 7.06. The van der Waals surface area contributed by atoms with Gasteiger partial charge < -0.3 is 24.9 Å². The first-order chi connectivity index (χ1) is 14.6. The number of nitrogens with two attached hydrogens (primary N) is 1. The van der Waals surface area contributed by atoms with Crippen LogP contribution >= 0.6 is 34.9 Å². The number of amides is 1. The van der Waals surface area contributed by atoms with E-state index in [1.165, 1.54) is 34.9 Å². The summed E-state index contributed by atoms with van der Waals surface area (Å²) >= 11 is 4.42. The van der Waals surface area contributed by atoms with Crippen LogP contribution in [-0.2, 0) is 0 Å². The maximum Gasteiger partial charge on any atom is 0.411 e. The highest BCUT2D eigenvalue weighted by atomic mass is 32.2. The molecule has 0 unspecified atom stereocenters. The number of nitrogens with zero attached hydrogens (tertiary/aromatic N) is 1. The molecule has 30 heavy (non-hydrogen) atoms. The Morgan fingerprint density at radius 1 is 1.03 bits per heavy atom. The first-order valence-corrected chi connectivity index (χ1v) is 11.1. The van der Waals surface area contributed by atoms with Gasteiger partial charge in [0.2, 0.25) is 5.88 Å². The number of primary amides is 1. The number of aromatic amines is 1. The average molecular weight is 460 g/mol. The lowest BCUT2D eigenvalue weighted by atomic mass is 10.3. The first kappa shape index (κ1) is 20.5. The summed E-state index contributed by atoms with van der Waals surface area (Å²) in [5.74, 6) is 1.80. The van der Waals surface area contributed by atoms with Crippen LogP contribution in [0.4, 0.5) is 4.79 Å². The van der Waals surface area contributed by atoms with Crippen LogP contribution in [-0.4, -0.2) is 30.3 Å². The number of carbonyl (C=O) groups excluding carboxylic acids is 1. The third kappa shape index (κ3) is 4.50. The Morgan fingerprint density at radius 2 is 1.67 bits per heavy atom. The number of nitrogens with one attached hydrogen (secondary N) is 1. The third-order valence-electron chi connectivity index (χ3n) is 3.97. The molecule has 0 aliphatic heterocycles. The van der Waals surface area contributed by atoms with Crippen molar-refractivity contribution in [1.82, 2.24) is 9.97 Å². The molecule has 0 atom stereocenters. The molecule has 10 heteroatoms. The monoisotopic (exact) mass is 459 g/mol. The molecule has 0 radical (unpaired) electrons. The SMILES string of the molecule is COc1cccc(Sc2nc3c(Sc4cccc(OC)c4)c(OC(N)=O)[nH]c3s2)c1. The van der Waals surface area contributed by atoms with E-state index >= 15 is 0 Å². The van der Waals surface area contributed by atoms with Gasteiger partial charge in [-0.1, -0.05) is 47.0 Å². The summed E-state index contributed by atoms with van der Waals surface area (Å²) in [4.78, 5) is 22.6. The van der Waals surface area contributed by atoms with Crippen molar-refractivity contribution in [3.63, 3.8) is 0 Å². The predicted octanol–water partition coefficient (Wildman–Crippen LogP) is 5.40. The highest BCUT2D eigenvalue weighted by Gasteiger charge is 2.21. The fourth-order valence-electron chi connectivity index (χ4n) is 2.67. The number of hydrogen-bond donors (Lipinski definition) is 2. The van der Waals surface area contributed by atoms with Gasteiger partial charge in [0.1, 0.15) is 26.7 Å². The van der Waals surface area contributed by atoms with Crippen molar-refractivity contribution in [2.24, 2.45) is 5.73 Å². The fourth-order valence-corrected chi connectivity index (χ4v) is 5.78. The molecule has 1 amide bonds. The number of H-pyrrole nitrogens is 1. The summed E-state index contributed by atoms with van der Waals surface area (Å²) in [6.45, 7) is 0. The second-order valence-electron chi connectivity index (χ2n) is 5.92. The molecule has 4 rings (SSSR count). The molecule has 0 spiro atoms. The standard InChI is InChI=1S/C20H17N3O4S3/c1-25-11-5-3-7-13(9-11)28-16-15-18(23-17(16)27-19(21)24)30-20(22-15)29-14-8-4-6-12(10-14)26-2/h3-10,23H,1-2H3,(H2,21,24). The molecular formula is C20H17N3O4S3. The van der Waals surface area contributed by atoms with E-state index in [-0.39, 0.29) is 5.88 Å². The van der Waals surface area contributed by atoms with Crippen molar-refractivity contribution < 1.29 is 19.0 Å². The van der Waals surface area contributed by atoms with Gasteiger partial charge in [0.25, 0.3) is 0 Å². The molecule has 0 bridgehead atoms. The molecule has 3 N–H and O–H groups in total. The van der Waals surface area contributed by atoms with Crippen molar-refractivity contribution in [1.29, 1.82) is 0 Å². The van der Waals surface area contributed by atoms with E-state index in [1.54, 1.807) is 14.2 Å². The van der Waals surface area contributed by atoms with Gasteiger partial charge in [-0.15, -0.1) is 0 Å². The van der Waals surface area contributed by atoms with Crippen LogP contribution in [0.1, 0.15) is 0 Å². The molecule has 154 valence electrons. The van der Waals surface area contributed by atoms with Crippen LogP contribution in [0.25, 0.3) is 10.3 Å². The molecule has 2 aromatic heterocycles. The highest BCUT2D eigenvalue weighted by Crippen LogP contribution is 2.45. The summed E-state index contributed by atoms with van der Waals surface area (Å²) in [6, 6.07) is 15.4. The molecule has 0 saturated carbocycles. The molecule has 2 heterocycles. The minimum absolute atomic E-state index is 0.280. The van der Waals surface area contributed by atoms with E-state index in [9.17, 15) is 4.79 Å². The van der Waals surface area contributed by atoms with Gasteiger partial charge in [-0.3, -0.25) is 0 Å². The number of thiazole rings is 1. The lowest BCUT2D eigenvalue weighted by molar-refractivity contribution is 0.208. The summed E-state index contributed by atoms with van der Waals surface area (Å²) < 4.78 is 16.6. The number of hydrogen-bond acceptors (Lipinski definition) is 8. The molecule has 7 nitrogen and oxygen atoms in total. The lowest BCUT2D eigenvalue weighted by Gasteiger charge is -2.05. The number of methoxy groups -OCH3 is 2. The van der Waals surface area contributed by atoms with Crippen LogP contribution in [0.5, 0.6) is 17.4 Å². The summed E-state index contributed by atoms with van der Waals surface area (Å²) in [5.41, 5.74) is 5.96. The molecule has 0 fully saturated rings. The summed E-state index contributed by atoms with van der Waals surface area (Å²) in [5, 5.41) is 0. The smallest absolute Gasteiger partial charge is 0.411 e. The highest BCUT2D eigenvalue weighted by molar-refractivity contribution is 8.01. The fraction of sp³-hybridized carbons (Fsp3) is 0.100. The zero-order valence-electron chi connectivity index (χ0n) is 16.0. The van der Waals surface area contributed by atoms with Gasteiger partial charge >= 0.3 is 6.09 Å². The quantitative estimate of drug-likeness (QED) is 0.382. The number of ether oxygens (including phenoxy) is 3. The Labute approximate surface area is 184 Å². The van der Waals surface area contributed by atoms with Gasteiger partial charge in [0.05, 0.1) is 14.2 Å². The van der Waals surface area contributed by atoms with E-state index in [0.29, 0.717) is 4.90 Å². The zero-order chi connectivity index (χ0) is 21.1. The minimum atomic E-state index is -0.887. The molecule has 0 aliphatic rings. The average Bonchev–Trinajstić information content (AvgIpc) is 3.26. The molecule has 0 saturated heterocycles. The van der Waals surface area contributed by atoms with Gasteiger partial charge in [0.15, 0.2) is 4.34 Å². The second kappa shape index (κ2) is 8.90. The largest absolute Gasteiger partial charge is 0.497 e. The first-order valence-electron chi connectivity index (χ1n) is 8.69. The zero-order valence-corrected chi connectivity index (χ0v) is 18.5. The molecule has 2 aromatic carbocycles. The maximum atomic E-state index is 11.4. The van der Waals surface area contributed by atoms with Gasteiger partial charge in [0, 0.05) is 9.79 Å². The number of rotatable bonds is 7. The normalized spacial score (nSPS) is 10.9. The van der Waals surface area contributed by atoms with Gasteiger partial charge in [-0.25, -0.2) is 9.78 Å². The van der Waals surface area contributed by atoms with Crippen molar-refractivity contribution in [3.8, 4) is 17.4 Å². The van der Waals surface area contributed by atoms with Crippen LogP contribution in [0.2, 0.25) is 0 Å². The Balaban J connectivity index is 1.69. The van der Waals surface area contributed by atoms with Crippen LogP contribution in [0.3, 0.4) is 0 Å². The van der Waals surface area contributed by atoms with Gasteiger partial charge in [-0.05, 0) is 36.4 Å². The van der Waals surface area contributed by atoms with E-state index in [0.717, 1.165) is 36.0 Å². The second-order valence-corrected chi connectivity index (χ2v) is 9.33. The maximum absolute atomic E-state index is 11.4. The van der Waals surface area contributed by atoms with E-state index < -0.39 is 6.09 Å². The van der Waals surface area contributed by atoms with E-state index in [2.05, 4.69) is 4.98 Å². The Hall–Kier alpha value is -2.82. The number of fused-ring (bicyclic) bond motifs is 1. The lowest BCUT2D eigenvalue weighted by Crippen LogP contribution is -2.16. The Morgan fingerprint density at radius 3 is 2.27 bits per heavy atom.